The standard InChI is InChI=1S/C24H33N3O7S2/c1-18-5-6-19(2)23(17-18)27(35(4,29)30)20(3)24(28)25-11-14-34-21-7-9-22(10-8-21)36(31,32)26-12-15-33-16-13-26/h5-10,17,20H,11-16H2,1-4H3,(H,25,28)/t20-/m0/s1. The van der Waals surface area contributed by atoms with Crippen LogP contribution in [-0.2, 0) is 29.6 Å². The van der Waals surface area contributed by atoms with Gasteiger partial charge < -0.3 is 14.8 Å². The zero-order valence-electron chi connectivity index (χ0n) is 20.9. The molecule has 3 rings (SSSR count). The number of ether oxygens (including phenoxy) is 2. The third-order valence-electron chi connectivity index (χ3n) is 5.79. The van der Waals surface area contributed by atoms with E-state index in [0.29, 0.717) is 37.7 Å². The zero-order valence-corrected chi connectivity index (χ0v) is 22.6. The van der Waals surface area contributed by atoms with Crippen LogP contribution in [-0.4, -0.2) is 78.8 Å². The van der Waals surface area contributed by atoms with Gasteiger partial charge in [0.25, 0.3) is 0 Å². The minimum Gasteiger partial charge on any atom is -0.492 e. The number of nitrogens with zero attached hydrogens (tertiary/aromatic N) is 2. The first kappa shape index (κ1) is 27.9. The van der Waals surface area contributed by atoms with Crippen LogP contribution in [0, 0.1) is 13.8 Å². The summed E-state index contributed by atoms with van der Waals surface area (Å²) >= 11 is 0. The molecule has 36 heavy (non-hydrogen) atoms. The summed E-state index contributed by atoms with van der Waals surface area (Å²) in [6.45, 7) is 6.83. The highest BCUT2D eigenvalue weighted by atomic mass is 32.2. The topological polar surface area (TPSA) is 122 Å². The first-order valence-corrected chi connectivity index (χ1v) is 14.9. The number of morpholine rings is 1. The highest BCUT2D eigenvalue weighted by Crippen LogP contribution is 2.26. The summed E-state index contributed by atoms with van der Waals surface area (Å²) in [7, 11) is -7.30. The maximum atomic E-state index is 12.8. The second kappa shape index (κ2) is 11.6. The minimum absolute atomic E-state index is 0.121. The van der Waals surface area contributed by atoms with Gasteiger partial charge in [0.15, 0.2) is 0 Å². The van der Waals surface area contributed by atoms with E-state index in [1.165, 1.54) is 23.4 Å². The maximum Gasteiger partial charge on any atom is 0.243 e. The lowest BCUT2D eigenvalue weighted by atomic mass is 10.1. The number of nitrogens with one attached hydrogen (secondary N) is 1. The average Bonchev–Trinajstić information content (AvgIpc) is 2.84. The van der Waals surface area contributed by atoms with Crippen molar-refractivity contribution in [2.24, 2.45) is 0 Å². The van der Waals surface area contributed by atoms with Gasteiger partial charge in [-0.3, -0.25) is 9.10 Å². The monoisotopic (exact) mass is 539 g/mol. The summed E-state index contributed by atoms with van der Waals surface area (Å²) in [6.07, 6.45) is 1.07. The lowest BCUT2D eigenvalue weighted by Gasteiger charge is -2.29. The van der Waals surface area contributed by atoms with Crippen molar-refractivity contribution in [2.75, 3.05) is 50.0 Å². The molecule has 2 aromatic carbocycles. The van der Waals surface area contributed by atoms with Gasteiger partial charge in [-0.25, -0.2) is 16.8 Å². The summed E-state index contributed by atoms with van der Waals surface area (Å²) in [5.74, 6) is -0.0109. The van der Waals surface area contributed by atoms with Gasteiger partial charge in [0, 0.05) is 13.1 Å². The summed E-state index contributed by atoms with van der Waals surface area (Å²) in [5.41, 5.74) is 2.09. The molecule has 0 aliphatic carbocycles. The number of carbonyl (C=O) groups is 1. The molecule has 0 radical (unpaired) electrons. The lowest BCUT2D eigenvalue weighted by Crippen LogP contribution is -2.48. The van der Waals surface area contributed by atoms with Crippen LogP contribution in [0.2, 0.25) is 0 Å². The van der Waals surface area contributed by atoms with Gasteiger partial charge in [-0.05, 0) is 62.2 Å². The van der Waals surface area contributed by atoms with E-state index in [2.05, 4.69) is 5.32 Å². The molecule has 0 aromatic heterocycles. The van der Waals surface area contributed by atoms with E-state index in [-0.39, 0.29) is 18.0 Å². The Morgan fingerprint density at radius 1 is 1.08 bits per heavy atom. The third kappa shape index (κ3) is 6.75. The van der Waals surface area contributed by atoms with E-state index < -0.39 is 32.0 Å². The van der Waals surface area contributed by atoms with Gasteiger partial charge in [0.2, 0.25) is 26.0 Å². The Bertz CT molecular complexity index is 1270. The molecular weight excluding hydrogens is 506 g/mol. The fourth-order valence-corrected chi connectivity index (χ4v) is 6.50. The van der Waals surface area contributed by atoms with Gasteiger partial charge in [-0.2, -0.15) is 4.31 Å². The smallest absolute Gasteiger partial charge is 0.243 e. The number of hydrogen-bond acceptors (Lipinski definition) is 7. The van der Waals surface area contributed by atoms with Crippen LogP contribution >= 0.6 is 0 Å². The van der Waals surface area contributed by atoms with E-state index in [1.54, 1.807) is 25.1 Å². The largest absolute Gasteiger partial charge is 0.492 e. The molecule has 1 aliphatic rings. The lowest BCUT2D eigenvalue weighted by molar-refractivity contribution is -0.121. The molecule has 1 heterocycles. The predicted molar refractivity (Wildman–Crippen MR) is 137 cm³/mol. The number of carbonyl (C=O) groups excluding carboxylic acids is 1. The molecule has 12 heteroatoms. The van der Waals surface area contributed by atoms with Gasteiger partial charge >= 0.3 is 0 Å². The summed E-state index contributed by atoms with van der Waals surface area (Å²) < 4.78 is 63.8. The maximum absolute atomic E-state index is 12.8. The summed E-state index contributed by atoms with van der Waals surface area (Å²) in [4.78, 5) is 12.9. The van der Waals surface area contributed by atoms with Gasteiger partial charge in [-0.15, -0.1) is 0 Å². The Morgan fingerprint density at radius 2 is 1.72 bits per heavy atom. The minimum atomic E-state index is -3.72. The Balaban J connectivity index is 1.56. The summed E-state index contributed by atoms with van der Waals surface area (Å²) in [6, 6.07) is 10.6. The van der Waals surface area contributed by atoms with Crippen molar-refractivity contribution in [3.05, 3.63) is 53.6 Å². The molecule has 1 atom stereocenters. The van der Waals surface area contributed by atoms with Crippen LogP contribution in [0.15, 0.2) is 47.4 Å². The highest BCUT2D eigenvalue weighted by molar-refractivity contribution is 7.92. The molecule has 1 aliphatic heterocycles. The van der Waals surface area contributed by atoms with Crippen LogP contribution in [0.4, 0.5) is 5.69 Å². The molecule has 0 spiro atoms. The Hall–Kier alpha value is -2.67. The van der Waals surface area contributed by atoms with Gasteiger partial charge in [0.1, 0.15) is 18.4 Å². The predicted octanol–water partition coefficient (Wildman–Crippen LogP) is 1.67. The average molecular weight is 540 g/mol. The van der Waals surface area contributed by atoms with Crippen molar-refractivity contribution in [1.82, 2.24) is 9.62 Å². The van der Waals surface area contributed by atoms with Crippen molar-refractivity contribution in [3.63, 3.8) is 0 Å². The molecule has 0 bridgehead atoms. The molecule has 1 N–H and O–H groups in total. The quantitative estimate of drug-likeness (QED) is 0.456. The highest BCUT2D eigenvalue weighted by Gasteiger charge is 2.30. The van der Waals surface area contributed by atoms with Gasteiger partial charge in [0.05, 0.1) is 36.6 Å². The molecule has 2 aromatic rings. The first-order chi connectivity index (χ1) is 16.9. The van der Waals surface area contributed by atoms with Gasteiger partial charge in [-0.1, -0.05) is 12.1 Å². The van der Waals surface area contributed by atoms with Crippen molar-refractivity contribution < 1.29 is 31.1 Å². The molecule has 1 amide bonds. The number of sulfonamides is 2. The Kier molecular flexibility index (Phi) is 8.98. The SMILES string of the molecule is Cc1ccc(C)c(N([C@@H](C)C(=O)NCCOc2ccc(S(=O)(=O)N3CCOCC3)cc2)S(C)(=O)=O)c1. The van der Waals surface area contributed by atoms with Crippen LogP contribution < -0.4 is 14.4 Å². The second-order valence-electron chi connectivity index (χ2n) is 8.65. The number of benzene rings is 2. The van der Waals surface area contributed by atoms with Crippen molar-refractivity contribution in [2.45, 2.75) is 31.7 Å². The molecule has 198 valence electrons. The fourth-order valence-electron chi connectivity index (χ4n) is 3.87. The number of hydrogen-bond donors (Lipinski definition) is 1. The number of amides is 1. The number of aryl methyl sites for hydroxylation is 2. The molecule has 0 saturated carbocycles. The Morgan fingerprint density at radius 3 is 2.33 bits per heavy atom. The first-order valence-electron chi connectivity index (χ1n) is 11.6. The molecule has 1 fully saturated rings. The van der Waals surface area contributed by atoms with Crippen LogP contribution in [0.1, 0.15) is 18.1 Å². The molecular formula is C24H33N3O7S2. The van der Waals surface area contributed by atoms with E-state index in [4.69, 9.17) is 9.47 Å². The van der Waals surface area contributed by atoms with Crippen molar-refractivity contribution >= 4 is 31.6 Å². The van der Waals surface area contributed by atoms with Crippen molar-refractivity contribution in [3.8, 4) is 5.75 Å². The van der Waals surface area contributed by atoms with Crippen LogP contribution in [0.25, 0.3) is 0 Å². The van der Waals surface area contributed by atoms with E-state index in [1.807, 2.05) is 19.1 Å². The number of rotatable bonds is 10. The van der Waals surface area contributed by atoms with Crippen molar-refractivity contribution in [1.29, 1.82) is 0 Å². The van der Waals surface area contributed by atoms with Crippen LogP contribution in [0.3, 0.4) is 0 Å². The molecule has 0 unspecified atom stereocenters. The second-order valence-corrected chi connectivity index (χ2v) is 12.4. The van der Waals surface area contributed by atoms with E-state index in [0.717, 1.165) is 21.7 Å². The van der Waals surface area contributed by atoms with Crippen LogP contribution in [0.5, 0.6) is 5.75 Å². The normalized spacial score (nSPS) is 15.8. The van der Waals surface area contributed by atoms with E-state index in [9.17, 15) is 21.6 Å². The Labute approximate surface area is 213 Å². The zero-order chi connectivity index (χ0) is 26.5. The molecule has 1 saturated heterocycles. The third-order valence-corrected chi connectivity index (χ3v) is 8.93. The number of anilines is 1. The summed E-state index contributed by atoms with van der Waals surface area (Å²) in [5, 5.41) is 2.70. The van der Waals surface area contributed by atoms with E-state index >= 15 is 0 Å². The fraction of sp³-hybridized carbons (Fsp3) is 0.458. The molecule has 10 nitrogen and oxygen atoms in total.